The van der Waals surface area contributed by atoms with Gasteiger partial charge in [-0.25, -0.2) is 9.59 Å². The summed E-state index contributed by atoms with van der Waals surface area (Å²) in [5.41, 5.74) is 10.8. The third-order valence-electron chi connectivity index (χ3n) is 5.00. The SMILES string of the molecule is NC(=O)Nc1ccc[n+](CC2=C(C(=O)O)N3C(=O)[C@@H](NC(=O)C(=NO)c4nsc(N)n4)[C@@H]3SC2)c1. The predicted molar refractivity (Wildman–Crippen MR) is 122 cm³/mol. The smallest absolute Gasteiger partial charge is 0.352 e. The van der Waals surface area contributed by atoms with Crippen molar-refractivity contribution >= 4 is 63.6 Å². The number of nitrogen functional groups attached to an aromatic ring is 1. The number of nitrogens with two attached hydrogens (primary N) is 2. The van der Waals surface area contributed by atoms with Crippen molar-refractivity contribution < 1.29 is 34.1 Å². The van der Waals surface area contributed by atoms with E-state index in [1.165, 1.54) is 11.8 Å². The number of carbonyl (C=O) groups is 4. The number of urea groups is 1. The van der Waals surface area contributed by atoms with Crippen LogP contribution in [-0.2, 0) is 20.9 Å². The van der Waals surface area contributed by atoms with E-state index in [9.17, 15) is 29.5 Å². The van der Waals surface area contributed by atoms with Crippen LogP contribution in [0.5, 0.6) is 0 Å². The Bertz CT molecular complexity index is 1290. The molecule has 182 valence electrons. The van der Waals surface area contributed by atoms with Crippen molar-refractivity contribution in [3.63, 3.8) is 0 Å². The number of oxime groups is 1. The number of amides is 4. The molecule has 4 amide bonds. The molecule has 1 saturated heterocycles. The van der Waals surface area contributed by atoms with Crippen LogP contribution in [0.1, 0.15) is 5.82 Å². The van der Waals surface area contributed by atoms with Gasteiger partial charge >= 0.3 is 12.0 Å². The van der Waals surface area contributed by atoms with Gasteiger partial charge in [-0.2, -0.15) is 13.9 Å². The summed E-state index contributed by atoms with van der Waals surface area (Å²) < 4.78 is 5.45. The Balaban J connectivity index is 1.52. The van der Waals surface area contributed by atoms with Crippen LogP contribution in [0.15, 0.2) is 41.0 Å². The number of hydrogen-bond acceptors (Lipinski definition) is 11. The molecule has 0 aromatic carbocycles. The van der Waals surface area contributed by atoms with Gasteiger partial charge in [-0.05, 0) is 6.07 Å². The van der Waals surface area contributed by atoms with Gasteiger partial charge in [0, 0.05) is 28.9 Å². The van der Waals surface area contributed by atoms with E-state index in [4.69, 9.17) is 11.5 Å². The van der Waals surface area contributed by atoms with Crippen molar-refractivity contribution in [3.8, 4) is 0 Å². The number of carboxylic acids is 1. The third-order valence-corrected chi connectivity index (χ3v) is 6.89. The van der Waals surface area contributed by atoms with Crippen molar-refractivity contribution in [2.24, 2.45) is 10.9 Å². The lowest BCUT2D eigenvalue weighted by Gasteiger charge is -2.49. The van der Waals surface area contributed by atoms with Gasteiger partial charge in [-0.15, -0.1) is 11.8 Å². The van der Waals surface area contributed by atoms with Crippen LogP contribution in [0, 0.1) is 0 Å². The number of fused-ring (bicyclic) bond motifs is 1. The van der Waals surface area contributed by atoms with Gasteiger partial charge in [0.2, 0.25) is 11.5 Å². The summed E-state index contributed by atoms with van der Waals surface area (Å²) in [6.07, 6.45) is 3.25. The van der Waals surface area contributed by atoms with Crippen molar-refractivity contribution in [2.75, 3.05) is 16.8 Å². The topological polar surface area (TPSA) is 230 Å². The molecule has 17 heteroatoms. The van der Waals surface area contributed by atoms with E-state index in [-0.39, 0.29) is 29.0 Å². The van der Waals surface area contributed by atoms with Gasteiger partial charge in [0.25, 0.3) is 11.8 Å². The molecule has 0 bridgehead atoms. The molecule has 0 saturated carbocycles. The molecule has 1 fully saturated rings. The highest BCUT2D eigenvalue weighted by Gasteiger charge is 2.54. The number of pyridine rings is 1. The van der Waals surface area contributed by atoms with E-state index in [0.29, 0.717) is 11.3 Å². The lowest BCUT2D eigenvalue weighted by atomic mass is 10.0. The van der Waals surface area contributed by atoms with Gasteiger partial charge in [-0.1, -0.05) is 5.16 Å². The average Bonchev–Trinajstić information content (AvgIpc) is 3.23. The number of carbonyl (C=O) groups excluding carboxylic acids is 3. The number of nitrogens with one attached hydrogen (secondary N) is 2. The van der Waals surface area contributed by atoms with E-state index in [1.54, 1.807) is 29.1 Å². The molecule has 0 unspecified atom stereocenters. The van der Waals surface area contributed by atoms with E-state index in [2.05, 4.69) is 25.1 Å². The Morgan fingerprint density at radius 3 is 2.77 bits per heavy atom. The molecule has 2 aliphatic heterocycles. The number of anilines is 2. The molecule has 0 radical (unpaired) electrons. The standard InChI is InChI=1S/C18H17N9O6S2/c19-17(32)21-8-2-1-3-26(5-8)4-7-6-34-15-10(14(29)27(15)11(7)16(30)31)22-13(28)9(24-33)12-23-18(20)35-25-12/h1-3,5,10,15H,4,6H2,(H7-,19,20,21,22,23,25,28,30,31,32,33)/p+1/t10-,15+/m1/s1. The molecule has 35 heavy (non-hydrogen) atoms. The third kappa shape index (κ3) is 4.71. The van der Waals surface area contributed by atoms with Crippen LogP contribution < -0.4 is 26.7 Å². The highest BCUT2D eigenvalue weighted by atomic mass is 32.2. The number of hydrogen-bond donors (Lipinski definition) is 6. The van der Waals surface area contributed by atoms with E-state index >= 15 is 0 Å². The fourth-order valence-corrected chi connectivity index (χ4v) is 5.36. The molecule has 2 aromatic heterocycles. The molecule has 0 aliphatic carbocycles. The highest BCUT2D eigenvalue weighted by Crippen LogP contribution is 2.40. The summed E-state index contributed by atoms with van der Waals surface area (Å²) >= 11 is 2.06. The molecular weight excluding hydrogens is 502 g/mol. The van der Waals surface area contributed by atoms with Crippen molar-refractivity contribution in [1.82, 2.24) is 19.6 Å². The summed E-state index contributed by atoms with van der Waals surface area (Å²) in [6.45, 7) is 0.134. The molecule has 4 heterocycles. The van der Waals surface area contributed by atoms with Gasteiger partial charge in [0.05, 0.1) is 0 Å². The molecule has 0 spiro atoms. The van der Waals surface area contributed by atoms with Gasteiger partial charge in [0.1, 0.15) is 22.8 Å². The Kier molecular flexibility index (Phi) is 6.52. The van der Waals surface area contributed by atoms with Crippen LogP contribution in [0.25, 0.3) is 0 Å². The lowest BCUT2D eigenvalue weighted by Crippen LogP contribution is -2.71. The average molecular weight is 521 g/mol. The maximum atomic E-state index is 12.9. The number of thioether (sulfide) groups is 1. The number of aromatic nitrogens is 3. The number of aliphatic carboxylic acids is 1. The summed E-state index contributed by atoms with van der Waals surface area (Å²) in [6, 6.07) is 1.47. The number of β-lactam (4-membered cyclic amide) rings is 1. The predicted octanol–water partition coefficient (Wildman–Crippen LogP) is -1.48. The fourth-order valence-electron chi connectivity index (χ4n) is 3.59. The van der Waals surface area contributed by atoms with Gasteiger partial charge in [0.15, 0.2) is 24.1 Å². The number of carboxylic acid groups (broad SMARTS) is 1. The van der Waals surface area contributed by atoms with Gasteiger partial charge in [-0.3, -0.25) is 14.5 Å². The zero-order valence-corrected chi connectivity index (χ0v) is 19.2. The summed E-state index contributed by atoms with van der Waals surface area (Å²) in [7, 11) is 0. The van der Waals surface area contributed by atoms with E-state index in [1.807, 2.05) is 0 Å². The largest absolute Gasteiger partial charge is 0.477 e. The van der Waals surface area contributed by atoms with Crippen LogP contribution in [0.3, 0.4) is 0 Å². The maximum absolute atomic E-state index is 12.9. The van der Waals surface area contributed by atoms with Crippen LogP contribution >= 0.6 is 23.3 Å². The quantitative estimate of drug-likeness (QED) is 0.0814. The Hall–Kier alpha value is -4.25. The molecule has 2 atom stereocenters. The second-order valence-electron chi connectivity index (χ2n) is 7.28. The van der Waals surface area contributed by atoms with E-state index in [0.717, 1.165) is 16.4 Å². The zero-order chi connectivity index (χ0) is 25.3. The number of rotatable bonds is 7. The van der Waals surface area contributed by atoms with Crippen molar-refractivity contribution in [3.05, 3.63) is 41.6 Å². The Morgan fingerprint density at radius 2 is 2.14 bits per heavy atom. The lowest BCUT2D eigenvalue weighted by molar-refractivity contribution is -0.688. The van der Waals surface area contributed by atoms with Crippen LogP contribution in [0.4, 0.5) is 15.6 Å². The fraction of sp³-hybridized carbons (Fsp3) is 0.222. The van der Waals surface area contributed by atoms with Crippen molar-refractivity contribution in [2.45, 2.75) is 18.0 Å². The summed E-state index contributed by atoms with van der Waals surface area (Å²) in [4.78, 5) is 53.5. The van der Waals surface area contributed by atoms with Crippen molar-refractivity contribution in [1.29, 1.82) is 0 Å². The maximum Gasteiger partial charge on any atom is 0.352 e. The minimum atomic E-state index is -1.30. The highest BCUT2D eigenvalue weighted by molar-refractivity contribution is 8.00. The molecule has 2 aliphatic rings. The first-order chi connectivity index (χ1) is 16.7. The first kappa shape index (κ1) is 23.9. The van der Waals surface area contributed by atoms with E-state index < -0.39 is 40.9 Å². The normalized spacial score (nSPS) is 19.6. The summed E-state index contributed by atoms with van der Waals surface area (Å²) in [5.74, 6) is -2.79. The second kappa shape index (κ2) is 9.55. The molecule has 15 nitrogen and oxygen atoms in total. The second-order valence-corrected chi connectivity index (χ2v) is 9.17. The minimum Gasteiger partial charge on any atom is -0.477 e. The number of nitrogens with zero attached hydrogens (tertiary/aromatic N) is 5. The summed E-state index contributed by atoms with van der Waals surface area (Å²) in [5, 5.41) is 26.2. The van der Waals surface area contributed by atoms with Crippen LogP contribution in [0.2, 0.25) is 0 Å². The van der Waals surface area contributed by atoms with Crippen LogP contribution in [-0.4, -0.2) is 71.3 Å². The Morgan fingerprint density at radius 1 is 1.37 bits per heavy atom. The molecule has 8 N–H and O–H groups in total. The van der Waals surface area contributed by atoms with Gasteiger partial charge < -0.3 is 32.4 Å². The number of primary amides is 1. The molecule has 2 aromatic rings. The Labute approximate surface area is 204 Å². The minimum absolute atomic E-state index is 0.0558. The first-order valence-corrected chi connectivity index (χ1v) is 11.6. The monoisotopic (exact) mass is 520 g/mol. The first-order valence-electron chi connectivity index (χ1n) is 9.77. The zero-order valence-electron chi connectivity index (χ0n) is 17.6. The molecular formula is C18H18N9O6S2+. The molecule has 4 rings (SSSR count).